The third-order valence-corrected chi connectivity index (χ3v) is 6.44. The summed E-state index contributed by atoms with van der Waals surface area (Å²) in [5.74, 6) is -0.121. The molecule has 3 rings (SSSR count). The van der Waals surface area contributed by atoms with Crippen LogP contribution in [0.25, 0.3) is 0 Å². The summed E-state index contributed by atoms with van der Waals surface area (Å²) < 4.78 is 22.0. The van der Waals surface area contributed by atoms with E-state index in [1.807, 2.05) is 37.8 Å². The van der Waals surface area contributed by atoms with E-state index in [9.17, 15) is 19.7 Å². The standard InChI is InChI=1S/C33H38N6O8/c1-6-32(40)46-18-16-38(17-19-47-33(41)7-2)26-14-15-27(23(5)20-26)35-37-29-22-30(44-8-3)28(21-31(29)45-9-4)36-34-24-10-12-25(13-11-24)39(42)43/h6-7,10-15,20-22,34,36H,1-2,8-9,16-19H2,3-5H3. The number of aryl methyl sites for hydroxylation is 1. The Morgan fingerprint density at radius 3 is 2.00 bits per heavy atom. The molecule has 0 unspecified atom stereocenters. The van der Waals surface area contributed by atoms with Gasteiger partial charge >= 0.3 is 11.9 Å². The van der Waals surface area contributed by atoms with Crippen molar-refractivity contribution in [3.8, 4) is 11.5 Å². The minimum Gasteiger partial charge on any atom is -0.492 e. The van der Waals surface area contributed by atoms with Crippen molar-refractivity contribution in [2.24, 2.45) is 10.2 Å². The summed E-state index contributed by atoms with van der Waals surface area (Å²) in [6, 6.07) is 15.0. The molecule has 14 heteroatoms. The van der Waals surface area contributed by atoms with E-state index >= 15 is 0 Å². The van der Waals surface area contributed by atoms with Crippen molar-refractivity contribution in [3.63, 3.8) is 0 Å². The van der Waals surface area contributed by atoms with Gasteiger partial charge in [-0.25, -0.2) is 9.59 Å². The first-order valence-electron chi connectivity index (χ1n) is 14.7. The first-order chi connectivity index (χ1) is 22.7. The van der Waals surface area contributed by atoms with Gasteiger partial charge in [-0.2, -0.15) is 5.11 Å². The van der Waals surface area contributed by atoms with Crippen molar-refractivity contribution < 1.29 is 33.5 Å². The van der Waals surface area contributed by atoms with Crippen LogP contribution in [0.3, 0.4) is 0 Å². The Morgan fingerprint density at radius 2 is 1.45 bits per heavy atom. The van der Waals surface area contributed by atoms with E-state index in [4.69, 9.17) is 18.9 Å². The number of anilines is 3. The second kappa shape index (κ2) is 18.1. The predicted molar refractivity (Wildman–Crippen MR) is 179 cm³/mol. The van der Waals surface area contributed by atoms with Gasteiger partial charge in [-0.15, -0.1) is 5.11 Å². The Balaban J connectivity index is 1.83. The molecule has 0 aliphatic rings. The third-order valence-electron chi connectivity index (χ3n) is 6.44. The highest BCUT2D eigenvalue weighted by Crippen LogP contribution is 2.40. The van der Waals surface area contributed by atoms with Crippen molar-refractivity contribution in [1.29, 1.82) is 0 Å². The molecule has 0 heterocycles. The summed E-state index contributed by atoms with van der Waals surface area (Å²) in [7, 11) is 0. The fourth-order valence-corrected chi connectivity index (χ4v) is 4.13. The molecule has 0 aliphatic carbocycles. The van der Waals surface area contributed by atoms with Gasteiger partial charge in [0, 0.05) is 42.1 Å². The van der Waals surface area contributed by atoms with E-state index in [0.717, 1.165) is 23.4 Å². The van der Waals surface area contributed by atoms with Crippen LogP contribution in [0.5, 0.6) is 11.5 Å². The van der Waals surface area contributed by atoms with Gasteiger partial charge in [-0.1, -0.05) is 13.2 Å². The van der Waals surface area contributed by atoms with Crippen molar-refractivity contribution in [3.05, 3.63) is 95.6 Å². The van der Waals surface area contributed by atoms with E-state index in [-0.39, 0.29) is 18.9 Å². The lowest BCUT2D eigenvalue weighted by Crippen LogP contribution is -2.32. The van der Waals surface area contributed by atoms with E-state index in [1.165, 1.54) is 12.1 Å². The topological polar surface area (TPSA) is 166 Å². The van der Waals surface area contributed by atoms with Crippen LogP contribution >= 0.6 is 0 Å². The molecule has 3 aromatic rings. The van der Waals surface area contributed by atoms with Gasteiger partial charge in [-0.3, -0.25) is 15.5 Å². The van der Waals surface area contributed by atoms with E-state index in [2.05, 4.69) is 34.2 Å². The summed E-state index contributed by atoms with van der Waals surface area (Å²) >= 11 is 0. The van der Waals surface area contributed by atoms with Gasteiger partial charge in [0.1, 0.15) is 30.4 Å². The van der Waals surface area contributed by atoms with Crippen LogP contribution in [0.4, 0.5) is 34.1 Å². The molecule has 2 N–H and O–H groups in total. The van der Waals surface area contributed by atoms with Crippen molar-refractivity contribution in [2.45, 2.75) is 20.8 Å². The maximum Gasteiger partial charge on any atom is 0.330 e. The number of esters is 2. The van der Waals surface area contributed by atoms with Crippen molar-refractivity contribution >= 4 is 46.1 Å². The summed E-state index contributed by atoms with van der Waals surface area (Å²) in [5.41, 5.74) is 9.89. The lowest BCUT2D eigenvalue weighted by molar-refractivity contribution is -0.384. The van der Waals surface area contributed by atoms with Crippen LogP contribution in [-0.2, 0) is 19.1 Å². The molecular formula is C33H38N6O8. The number of carbonyl (C=O) groups excluding carboxylic acids is 2. The highest BCUT2D eigenvalue weighted by molar-refractivity contribution is 5.81. The number of carbonyl (C=O) groups is 2. The Labute approximate surface area is 272 Å². The van der Waals surface area contributed by atoms with Crippen LogP contribution in [-0.4, -0.2) is 56.4 Å². The molecule has 0 spiro atoms. The second-order valence-corrected chi connectivity index (χ2v) is 9.64. The fraction of sp³-hybridized carbons (Fsp3) is 0.273. The number of nitro benzene ring substituents is 1. The van der Waals surface area contributed by atoms with Crippen LogP contribution in [0.1, 0.15) is 19.4 Å². The number of hydrogen-bond donors (Lipinski definition) is 2. The van der Waals surface area contributed by atoms with Gasteiger partial charge in [0.2, 0.25) is 0 Å². The lowest BCUT2D eigenvalue weighted by Gasteiger charge is -2.25. The van der Waals surface area contributed by atoms with E-state index in [0.29, 0.717) is 60.6 Å². The third kappa shape index (κ3) is 10.9. The molecule has 0 atom stereocenters. The molecule has 0 saturated carbocycles. The quantitative estimate of drug-likeness (QED) is 0.0461. The Kier molecular flexibility index (Phi) is 13.7. The van der Waals surface area contributed by atoms with Gasteiger partial charge in [0.05, 0.1) is 48.3 Å². The highest BCUT2D eigenvalue weighted by Gasteiger charge is 2.14. The molecule has 47 heavy (non-hydrogen) atoms. The Bertz CT molecular complexity index is 1570. The lowest BCUT2D eigenvalue weighted by atomic mass is 10.1. The van der Waals surface area contributed by atoms with E-state index in [1.54, 1.807) is 30.3 Å². The smallest absolute Gasteiger partial charge is 0.330 e. The summed E-state index contributed by atoms with van der Waals surface area (Å²) in [6.07, 6.45) is 2.19. The molecule has 0 bridgehead atoms. The molecule has 0 aromatic heterocycles. The summed E-state index contributed by atoms with van der Waals surface area (Å²) in [5, 5.41) is 19.9. The van der Waals surface area contributed by atoms with Gasteiger partial charge in [0.25, 0.3) is 5.69 Å². The van der Waals surface area contributed by atoms with Gasteiger partial charge < -0.3 is 29.3 Å². The van der Waals surface area contributed by atoms with E-state index < -0.39 is 16.9 Å². The van der Waals surface area contributed by atoms with Crippen molar-refractivity contribution in [2.75, 3.05) is 55.3 Å². The van der Waals surface area contributed by atoms with Crippen LogP contribution < -0.4 is 25.2 Å². The summed E-state index contributed by atoms with van der Waals surface area (Å²) in [6.45, 7) is 14.1. The maximum absolute atomic E-state index is 11.5. The zero-order valence-corrected chi connectivity index (χ0v) is 26.6. The minimum atomic E-state index is -0.529. The number of hydrazine groups is 1. The Morgan fingerprint density at radius 1 is 0.851 bits per heavy atom. The molecule has 0 fully saturated rings. The number of non-ortho nitro benzene ring substituents is 1. The van der Waals surface area contributed by atoms with Crippen LogP contribution in [0, 0.1) is 17.0 Å². The number of benzene rings is 3. The number of ether oxygens (including phenoxy) is 4. The average Bonchev–Trinajstić information content (AvgIpc) is 3.07. The molecule has 248 valence electrons. The predicted octanol–water partition coefficient (Wildman–Crippen LogP) is 6.82. The number of nitrogens with one attached hydrogen (secondary N) is 2. The zero-order valence-electron chi connectivity index (χ0n) is 26.6. The minimum absolute atomic E-state index is 0.0146. The molecular weight excluding hydrogens is 608 g/mol. The van der Waals surface area contributed by atoms with Crippen LogP contribution in [0.2, 0.25) is 0 Å². The average molecular weight is 647 g/mol. The number of hydrogen-bond acceptors (Lipinski definition) is 13. The van der Waals surface area contributed by atoms with Crippen LogP contribution in [0.15, 0.2) is 90.1 Å². The SMILES string of the molecule is C=CC(=O)OCCN(CCOC(=O)C=C)c1ccc(N=Nc2cc(OCC)c(NNc3ccc([N+](=O)[O-])cc3)cc2OCC)c(C)c1. The first-order valence-corrected chi connectivity index (χ1v) is 14.7. The molecule has 0 radical (unpaired) electrons. The molecule has 14 nitrogen and oxygen atoms in total. The number of azo groups is 1. The number of rotatable bonds is 19. The van der Waals surface area contributed by atoms with Gasteiger partial charge in [0.15, 0.2) is 0 Å². The number of nitrogens with zero attached hydrogens (tertiary/aromatic N) is 4. The molecule has 0 saturated heterocycles. The monoisotopic (exact) mass is 646 g/mol. The molecule has 3 aromatic carbocycles. The van der Waals surface area contributed by atoms with Crippen molar-refractivity contribution in [1.82, 2.24) is 0 Å². The maximum atomic E-state index is 11.5. The molecule has 0 aliphatic heterocycles. The molecule has 0 amide bonds. The Hall–Kier alpha value is -5.92. The first kappa shape index (κ1) is 35.6. The number of nitro groups is 1. The van der Waals surface area contributed by atoms with Gasteiger partial charge in [-0.05, 0) is 56.7 Å². The normalized spacial score (nSPS) is 10.5. The second-order valence-electron chi connectivity index (χ2n) is 9.64. The fourth-order valence-electron chi connectivity index (χ4n) is 4.13. The zero-order chi connectivity index (χ0) is 34.2. The largest absolute Gasteiger partial charge is 0.492 e. The highest BCUT2D eigenvalue weighted by atomic mass is 16.6. The summed E-state index contributed by atoms with van der Waals surface area (Å²) in [4.78, 5) is 35.4.